The zero-order chi connectivity index (χ0) is 17.1. The van der Waals surface area contributed by atoms with Crippen LogP contribution in [-0.2, 0) is 4.74 Å². The maximum absolute atomic E-state index is 12.1. The zero-order valence-corrected chi connectivity index (χ0v) is 13.6. The first-order chi connectivity index (χ1) is 11.7. The molecule has 1 aromatic heterocycles. The number of esters is 1. The summed E-state index contributed by atoms with van der Waals surface area (Å²) in [7, 11) is 1.30. The minimum Gasteiger partial charge on any atom is -0.464 e. The van der Waals surface area contributed by atoms with E-state index < -0.39 is 5.97 Å². The Hall–Kier alpha value is -2.78. The third kappa shape index (κ3) is 2.86. The number of aromatic nitrogens is 1. The number of rotatable bonds is 3. The molecular weight excluding hydrogens is 304 g/mol. The topological polar surface area (TPSA) is 93.1 Å². The molecule has 1 aliphatic rings. The van der Waals surface area contributed by atoms with E-state index in [4.69, 9.17) is 10.5 Å². The molecule has 2 aromatic rings. The molecule has 1 saturated heterocycles. The Morgan fingerprint density at radius 2 is 2.17 bits per heavy atom. The Kier molecular flexibility index (Phi) is 4.54. The van der Waals surface area contributed by atoms with Crippen molar-refractivity contribution in [3.05, 3.63) is 47.3 Å². The normalized spacial score (nSPS) is 15.0. The van der Waals surface area contributed by atoms with Crippen LogP contribution in [0, 0.1) is 11.3 Å². The molecule has 6 heteroatoms. The highest BCUT2D eigenvalue weighted by Crippen LogP contribution is 2.29. The number of nitrogens with one attached hydrogen (secondary N) is 1. The summed E-state index contributed by atoms with van der Waals surface area (Å²) in [5.41, 5.74) is 8.60. The van der Waals surface area contributed by atoms with E-state index in [1.54, 1.807) is 10.8 Å². The van der Waals surface area contributed by atoms with Gasteiger partial charge in [-0.1, -0.05) is 12.1 Å². The highest BCUT2D eigenvalue weighted by Gasteiger charge is 2.22. The lowest BCUT2D eigenvalue weighted by Crippen LogP contribution is -2.26. The molecule has 2 heterocycles. The number of benzene rings is 1. The molecule has 124 valence electrons. The van der Waals surface area contributed by atoms with Gasteiger partial charge in [0.05, 0.1) is 18.4 Å². The summed E-state index contributed by atoms with van der Waals surface area (Å²) in [5, 5.41) is 12.6. The van der Waals surface area contributed by atoms with Gasteiger partial charge >= 0.3 is 5.97 Å². The Morgan fingerprint density at radius 3 is 2.83 bits per heavy atom. The second-order valence-electron chi connectivity index (χ2n) is 5.90. The number of nitrogen functional groups attached to an aromatic ring is 1. The summed E-state index contributed by atoms with van der Waals surface area (Å²) in [4.78, 5) is 12.1. The fourth-order valence-corrected chi connectivity index (χ4v) is 3.20. The summed E-state index contributed by atoms with van der Waals surface area (Å²) in [6.45, 7) is 2.02. The Labute approximate surface area is 140 Å². The van der Waals surface area contributed by atoms with Crippen LogP contribution in [0.3, 0.4) is 0 Å². The van der Waals surface area contributed by atoms with Crippen molar-refractivity contribution in [2.45, 2.75) is 18.8 Å². The average Bonchev–Trinajstić information content (AvgIpc) is 2.98. The molecule has 0 aliphatic carbocycles. The summed E-state index contributed by atoms with van der Waals surface area (Å²) < 4.78 is 6.47. The van der Waals surface area contributed by atoms with Gasteiger partial charge in [-0.2, -0.15) is 5.26 Å². The lowest BCUT2D eigenvalue weighted by Gasteiger charge is -2.23. The van der Waals surface area contributed by atoms with Crippen LogP contribution in [0.5, 0.6) is 0 Å². The van der Waals surface area contributed by atoms with Crippen molar-refractivity contribution < 1.29 is 9.53 Å². The van der Waals surface area contributed by atoms with Crippen LogP contribution in [0.1, 0.15) is 40.4 Å². The lowest BCUT2D eigenvalue weighted by molar-refractivity contribution is 0.0593. The van der Waals surface area contributed by atoms with Gasteiger partial charge < -0.3 is 20.4 Å². The number of hydrogen-bond acceptors (Lipinski definition) is 5. The summed E-state index contributed by atoms with van der Waals surface area (Å²) in [5.74, 6) is -0.0580. The molecule has 1 fully saturated rings. The molecule has 24 heavy (non-hydrogen) atoms. The fourth-order valence-electron chi connectivity index (χ4n) is 3.20. The molecule has 0 spiro atoms. The first kappa shape index (κ1) is 16.1. The molecule has 0 radical (unpaired) electrons. The Bertz CT molecular complexity index is 798. The van der Waals surface area contributed by atoms with Gasteiger partial charge in [-0.15, -0.1) is 0 Å². The van der Waals surface area contributed by atoms with Gasteiger partial charge in [0.2, 0.25) is 0 Å². The maximum atomic E-state index is 12.1. The smallest absolute Gasteiger partial charge is 0.357 e. The third-order valence-electron chi connectivity index (χ3n) is 4.50. The van der Waals surface area contributed by atoms with Crippen molar-refractivity contribution in [2.75, 3.05) is 25.9 Å². The summed E-state index contributed by atoms with van der Waals surface area (Å²) in [6, 6.07) is 10.1. The van der Waals surface area contributed by atoms with E-state index in [2.05, 4.69) is 17.4 Å². The van der Waals surface area contributed by atoms with Gasteiger partial charge in [0.25, 0.3) is 0 Å². The van der Waals surface area contributed by atoms with E-state index in [-0.39, 0.29) is 16.9 Å². The van der Waals surface area contributed by atoms with E-state index >= 15 is 0 Å². The van der Waals surface area contributed by atoms with Crippen LogP contribution in [0.2, 0.25) is 0 Å². The molecular formula is C18H20N4O2. The zero-order valence-electron chi connectivity index (χ0n) is 13.6. The van der Waals surface area contributed by atoms with E-state index in [9.17, 15) is 10.1 Å². The molecule has 0 amide bonds. The molecule has 6 nitrogen and oxygen atoms in total. The minimum absolute atomic E-state index is 0.150. The number of nitrogens with zero attached hydrogens (tertiary/aromatic N) is 2. The van der Waals surface area contributed by atoms with Crippen LogP contribution in [0.15, 0.2) is 30.5 Å². The SMILES string of the molecule is COC(=O)c1c(N)c(C#N)cn1-c1cccc(C2CCNCC2)c1. The van der Waals surface area contributed by atoms with E-state index in [1.165, 1.54) is 12.7 Å². The molecule has 3 N–H and O–H groups in total. The molecule has 0 saturated carbocycles. The summed E-state index contributed by atoms with van der Waals surface area (Å²) >= 11 is 0. The maximum Gasteiger partial charge on any atom is 0.357 e. The van der Waals surface area contributed by atoms with Crippen molar-refractivity contribution in [1.29, 1.82) is 5.26 Å². The largest absolute Gasteiger partial charge is 0.464 e. The molecule has 0 unspecified atom stereocenters. The number of hydrogen-bond donors (Lipinski definition) is 2. The number of nitrogens with two attached hydrogens (primary N) is 1. The van der Waals surface area contributed by atoms with Gasteiger partial charge in [-0.25, -0.2) is 4.79 Å². The van der Waals surface area contributed by atoms with Gasteiger partial charge in [0.1, 0.15) is 6.07 Å². The number of nitriles is 1. The third-order valence-corrected chi connectivity index (χ3v) is 4.50. The highest BCUT2D eigenvalue weighted by atomic mass is 16.5. The van der Waals surface area contributed by atoms with Crippen LogP contribution in [-0.4, -0.2) is 30.7 Å². The summed E-state index contributed by atoms with van der Waals surface area (Å²) in [6.07, 6.45) is 3.76. The van der Waals surface area contributed by atoms with Gasteiger partial charge in [0.15, 0.2) is 5.69 Å². The number of anilines is 1. The van der Waals surface area contributed by atoms with Crippen LogP contribution < -0.4 is 11.1 Å². The number of carbonyl (C=O) groups excluding carboxylic acids is 1. The van der Waals surface area contributed by atoms with Gasteiger partial charge in [0, 0.05) is 11.9 Å². The second kappa shape index (κ2) is 6.77. The van der Waals surface area contributed by atoms with Crippen molar-refractivity contribution in [2.24, 2.45) is 0 Å². The van der Waals surface area contributed by atoms with Crippen molar-refractivity contribution >= 4 is 11.7 Å². The predicted molar refractivity (Wildman–Crippen MR) is 91.1 cm³/mol. The predicted octanol–water partition coefficient (Wildman–Crippen LogP) is 2.18. The fraction of sp³-hybridized carbons (Fsp3) is 0.333. The molecule has 3 rings (SSSR count). The van der Waals surface area contributed by atoms with Crippen LogP contribution in [0.4, 0.5) is 5.69 Å². The first-order valence-electron chi connectivity index (χ1n) is 7.96. The Morgan fingerprint density at radius 1 is 1.42 bits per heavy atom. The second-order valence-corrected chi connectivity index (χ2v) is 5.90. The van der Waals surface area contributed by atoms with Crippen LogP contribution in [0.25, 0.3) is 5.69 Å². The van der Waals surface area contributed by atoms with Gasteiger partial charge in [-0.3, -0.25) is 0 Å². The Balaban J connectivity index is 2.06. The van der Waals surface area contributed by atoms with E-state index in [0.717, 1.165) is 31.6 Å². The quantitative estimate of drug-likeness (QED) is 0.844. The number of methoxy groups -OCH3 is 1. The lowest BCUT2D eigenvalue weighted by atomic mass is 9.90. The number of piperidine rings is 1. The standard InChI is InChI=1S/C18H20N4O2/c1-24-18(23)17-16(20)14(10-19)11-22(17)15-4-2-3-13(9-15)12-5-7-21-8-6-12/h2-4,9,11-12,21H,5-8,20H2,1H3. The van der Waals surface area contributed by atoms with E-state index in [0.29, 0.717) is 5.92 Å². The molecule has 1 aromatic carbocycles. The average molecular weight is 324 g/mol. The van der Waals surface area contributed by atoms with Crippen molar-refractivity contribution in [1.82, 2.24) is 9.88 Å². The molecule has 0 atom stereocenters. The highest BCUT2D eigenvalue weighted by molar-refractivity contribution is 5.95. The number of carbonyl (C=O) groups is 1. The van der Waals surface area contributed by atoms with Gasteiger partial charge in [-0.05, 0) is 49.5 Å². The van der Waals surface area contributed by atoms with Crippen molar-refractivity contribution in [3.8, 4) is 11.8 Å². The monoisotopic (exact) mass is 324 g/mol. The van der Waals surface area contributed by atoms with Crippen molar-refractivity contribution in [3.63, 3.8) is 0 Å². The van der Waals surface area contributed by atoms with Crippen LogP contribution >= 0.6 is 0 Å². The first-order valence-corrected chi connectivity index (χ1v) is 7.96. The minimum atomic E-state index is -0.554. The number of ether oxygens (including phenoxy) is 1. The molecule has 0 bridgehead atoms. The van der Waals surface area contributed by atoms with E-state index in [1.807, 2.05) is 18.2 Å². The molecule has 1 aliphatic heterocycles.